The molecule has 5 heteroatoms. The summed E-state index contributed by atoms with van der Waals surface area (Å²) in [5.74, 6) is 5.89. The second-order valence-corrected chi connectivity index (χ2v) is 9.63. The minimum Gasteiger partial charge on any atom is -0.494 e. The molecule has 0 spiro atoms. The molecule has 0 aromatic heterocycles. The zero-order valence-electron chi connectivity index (χ0n) is 21.7. The standard InChI is InChI=1S/C32H34F2N2O/c1-3-5-6-7-24-11-18-29-25(21-24)22-31(33)30(32(29)34)19-10-23-8-12-26(13-9-23)35-36-27-14-16-28(17-15-27)37-20-4-2/h8-9,12-17,22,24H,3-7,11,18,20-21H2,1-2H3. The first-order valence-corrected chi connectivity index (χ1v) is 13.3. The number of ether oxygens (including phenoxy) is 1. The van der Waals surface area contributed by atoms with Crippen LogP contribution in [0.15, 0.2) is 64.8 Å². The number of hydrogen-bond donors (Lipinski definition) is 0. The molecule has 3 aromatic carbocycles. The Morgan fingerprint density at radius 1 is 0.892 bits per heavy atom. The number of rotatable bonds is 9. The highest BCUT2D eigenvalue weighted by Crippen LogP contribution is 2.33. The molecule has 37 heavy (non-hydrogen) atoms. The van der Waals surface area contributed by atoms with Gasteiger partial charge in [0.1, 0.15) is 17.4 Å². The number of azo groups is 1. The Kier molecular flexibility index (Phi) is 9.43. The highest BCUT2D eigenvalue weighted by molar-refractivity contribution is 5.51. The number of benzene rings is 3. The maximum absolute atomic E-state index is 15.2. The van der Waals surface area contributed by atoms with Crippen molar-refractivity contribution >= 4 is 11.4 Å². The zero-order valence-corrected chi connectivity index (χ0v) is 21.7. The summed E-state index contributed by atoms with van der Waals surface area (Å²) in [6, 6.07) is 16.1. The van der Waals surface area contributed by atoms with E-state index < -0.39 is 11.6 Å². The Balaban J connectivity index is 1.41. The van der Waals surface area contributed by atoms with Gasteiger partial charge in [-0.1, -0.05) is 51.4 Å². The Hall–Kier alpha value is -3.52. The molecular formula is C32H34F2N2O. The van der Waals surface area contributed by atoms with Crippen LogP contribution in [0.4, 0.5) is 20.2 Å². The van der Waals surface area contributed by atoms with E-state index >= 15 is 4.39 Å². The van der Waals surface area contributed by atoms with E-state index in [1.165, 1.54) is 25.3 Å². The highest BCUT2D eigenvalue weighted by atomic mass is 19.1. The van der Waals surface area contributed by atoms with Crippen LogP contribution in [-0.4, -0.2) is 6.61 Å². The molecule has 0 fully saturated rings. The number of halogens is 2. The normalized spacial score (nSPS) is 14.8. The van der Waals surface area contributed by atoms with Gasteiger partial charge in [0.05, 0.1) is 23.5 Å². The zero-order chi connectivity index (χ0) is 26.0. The monoisotopic (exact) mass is 500 g/mol. The number of unbranched alkanes of at least 4 members (excludes halogenated alkanes) is 2. The van der Waals surface area contributed by atoms with E-state index in [2.05, 4.69) is 35.9 Å². The van der Waals surface area contributed by atoms with Crippen molar-refractivity contribution in [2.24, 2.45) is 16.1 Å². The number of hydrogen-bond acceptors (Lipinski definition) is 3. The molecule has 0 heterocycles. The first-order chi connectivity index (χ1) is 18.1. The molecule has 4 rings (SSSR count). The fourth-order valence-corrected chi connectivity index (χ4v) is 4.66. The third-order valence-corrected chi connectivity index (χ3v) is 6.73. The molecule has 1 atom stereocenters. The van der Waals surface area contributed by atoms with Gasteiger partial charge in [0.25, 0.3) is 0 Å². The lowest BCUT2D eigenvalue weighted by Gasteiger charge is -2.25. The van der Waals surface area contributed by atoms with E-state index in [1.54, 1.807) is 24.3 Å². The van der Waals surface area contributed by atoms with Crippen molar-refractivity contribution < 1.29 is 13.5 Å². The highest BCUT2D eigenvalue weighted by Gasteiger charge is 2.24. The molecule has 0 saturated heterocycles. The Morgan fingerprint density at radius 2 is 1.59 bits per heavy atom. The Morgan fingerprint density at radius 3 is 2.27 bits per heavy atom. The van der Waals surface area contributed by atoms with Crippen LogP contribution in [0, 0.1) is 29.4 Å². The topological polar surface area (TPSA) is 34.0 Å². The molecule has 0 N–H and O–H groups in total. The van der Waals surface area contributed by atoms with E-state index in [4.69, 9.17) is 4.74 Å². The average molecular weight is 501 g/mol. The maximum atomic E-state index is 15.2. The van der Waals surface area contributed by atoms with Gasteiger partial charge < -0.3 is 4.74 Å². The van der Waals surface area contributed by atoms with Crippen molar-refractivity contribution in [1.82, 2.24) is 0 Å². The minimum absolute atomic E-state index is 0.140. The van der Waals surface area contributed by atoms with Crippen molar-refractivity contribution in [3.05, 3.63) is 88.5 Å². The molecule has 0 aliphatic heterocycles. The summed E-state index contributed by atoms with van der Waals surface area (Å²) in [4.78, 5) is 0. The third kappa shape index (κ3) is 7.26. The summed E-state index contributed by atoms with van der Waals surface area (Å²) in [5, 5.41) is 8.49. The van der Waals surface area contributed by atoms with Gasteiger partial charge >= 0.3 is 0 Å². The van der Waals surface area contributed by atoms with Crippen LogP contribution in [0.3, 0.4) is 0 Å². The summed E-state index contributed by atoms with van der Waals surface area (Å²) in [6.07, 6.45) is 8.05. The van der Waals surface area contributed by atoms with E-state index in [-0.39, 0.29) is 5.56 Å². The lowest BCUT2D eigenvalue weighted by Crippen LogP contribution is -2.17. The van der Waals surface area contributed by atoms with E-state index in [9.17, 15) is 4.39 Å². The molecule has 0 radical (unpaired) electrons. The van der Waals surface area contributed by atoms with Crippen LogP contribution in [0.1, 0.15) is 74.6 Å². The predicted molar refractivity (Wildman–Crippen MR) is 145 cm³/mol. The predicted octanol–water partition coefficient (Wildman–Crippen LogP) is 9.25. The first kappa shape index (κ1) is 26.5. The average Bonchev–Trinajstić information content (AvgIpc) is 2.92. The molecular weight excluding hydrogens is 466 g/mol. The summed E-state index contributed by atoms with van der Waals surface area (Å²) in [7, 11) is 0. The molecule has 3 nitrogen and oxygen atoms in total. The molecule has 3 aromatic rings. The van der Waals surface area contributed by atoms with Crippen LogP contribution in [-0.2, 0) is 12.8 Å². The molecule has 0 bridgehead atoms. The molecule has 0 amide bonds. The molecule has 192 valence electrons. The van der Waals surface area contributed by atoms with Gasteiger partial charge in [0.2, 0.25) is 0 Å². The van der Waals surface area contributed by atoms with Crippen molar-refractivity contribution in [2.75, 3.05) is 6.61 Å². The number of nitrogens with zero attached hydrogens (tertiary/aromatic N) is 2. The molecule has 1 aliphatic rings. The van der Waals surface area contributed by atoms with Gasteiger partial charge in [-0.05, 0) is 97.3 Å². The van der Waals surface area contributed by atoms with Crippen LogP contribution >= 0.6 is 0 Å². The fourth-order valence-electron chi connectivity index (χ4n) is 4.66. The van der Waals surface area contributed by atoms with Crippen LogP contribution < -0.4 is 4.74 Å². The third-order valence-electron chi connectivity index (χ3n) is 6.73. The second-order valence-electron chi connectivity index (χ2n) is 9.63. The van der Waals surface area contributed by atoms with Gasteiger partial charge in [-0.25, -0.2) is 8.78 Å². The Labute approximate surface area is 219 Å². The summed E-state index contributed by atoms with van der Waals surface area (Å²) in [5.41, 5.74) is 3.35. The van der Waals surface area contributed by atoms with Gasteiger partial charge in [0.15, 0.2) is 0 Å². The van der Waals surface area contributed by atoms with Crippen molar-refractivity contribution in [1.29, 1.82) is 0 Å². The van der Waals surface area contributed by atoms with Gasteiger partial charge in [0, 0.05) is 5.56 Å². The smallest absolute Gasteiger partial charge is 0.145 e. The SMILES string of the molecule is CCCCCC1CCc2c(cc(F)c(C#Cc3ccc(N=Nc4ccc(OCCC)cc4)cc3)c2F)C1. The second kappa shape index (κ2) is 13.1. The quantitative estimate of drug-likeness (QED) is 0.164. The lowest BCUT2D eigenvalue weighted by molar-refractivity contribution is 0.317. The molecule has 1 aliphatic carbocycles. The number of fused-ring (bicyclic) bond motifs is 1. The molecule has 1 unspecified atom stereocenters. The largest absolute Gasteiger partial charge is 0.494 e. The van der Waals surface area contributed by atoms with Crippen molar-refractivity contribution in [2.45, 2.75) is 65.2 Å². The fraction of sp³-hybridized carbons (Fsp3) is 0.375. The van der Waals surface area contributed by atoms with Gasteiger partial charge in [-0.15, -0.1) is 0 Å². The van der Waals surface area contributed by atoms with Gasteiger partial charge in [-0.3, -0.25) is 0 Å². The van der Waals surface area contributed by atoms with Crippen LogP contribution in [0.25, 0.3) is 0 Å². The first-order valence-electron chi connectivity index (χ1n) is 13.3. The van der Waals surface area contributed by atoms with E-state index in [0.717, 1.165) is 42.7 Å². The van der Waals surface area contributed by atoms with Gasteiger partial charge in [-0.2, -0.15) is 10.2 Å². The minimum atomic E-state index is -0.575. The lowest BCUT2D eigenvalue weighted by atomic mass is 9.80. The van der Waals surface area contributed by atoms with E-state index in [0.29, 0.717) is 35.8 Å². The maximum Gasteiger partial charge on any atom is 0.145 e. The summed E-state index contributed by atoms with van der Waals surface area (Å²) < 4.78 is 35.6. The van der Waals surface area contributed by atoms with Crippen LogP contribution in [0.2, 0.25) is 0 Å². The summed E-state index contributed by atoms with van der Waals surface area (Å²) >= 11 is 0. The van der Waals surface area contributed by atoms with Crippen molar-refractivity contribution in [3.63, 3.8) is 0 Å². The van der Waals surface area contributed by atoms with E-state index in [1.807, 2.05) is 24.3 Å². The molecule has 0 saturated carbocycles. The van der Waals surface area contributed by atoms with Crippen LogP contribution in [0.5, 0.6) is 5.75 Å². The Bertz CT molecular complexity index is 1270. The summed E-state index contributed by atoms with van der Waals surface area (Å²) in [6.45, 7) is 4.93. The van der Waals surface area contributed by atoms with Crippen molar-refractivity contribution in [3.8, 4) is 17.6 Å².